The molecule has 1 N–H and O–H groups in total. The number of nitrogens with one attached hydrogen (secondary N) is 1. The molecule has 1 aliphatic rings. The number of benzene rings is 1. The number of sulfone groups is 1. The molecular formula is C15H23NO3S. The highest BCUT2D eigenvalue weighted by atomic mass is 32.2. The highest BCUT2D eigenvalue weighted by Crippen LogP contribution is 2.37. The van der Waals surface area contributed by atoms with Gasteiger partial charge in [0.15, 0.2) is 0 Å². The van der Waals surface area contributed by atoms with Gasteiger partial charge in [0.25, 0.3) is 0 Å². The Kier molecular flexibility index (Phi) is 5.05. The van der Waals surface area contributed by atoms with E-state index in [1.54, 1.807) is 7.11 Å². The Labute approximate surface area is 121 Å². The predicted octanol–water partition coefficient (Wildman–Crippen LogP) is 1.82. The van der Waals surface area contributed by atoms with Crippen molar-refractivity contribution in [1.82, 2.24) is 5.32 Å². The monoisotopic (exact) mass is 297 g/mol. The van der Waals surface area contributed by atoms with Crippen molar-refractivity contribution in [2.24, 2.45) is 5.92 Å². The second-order valence-electron chi connectivity index (χ2n) is 5.40. The fourth-order valence-electron chi connectivity index (χ4n) is 3.03. The summed E-state index contributed by atoms with van der Waals surface area (Å²) in [6, 6.07) is 8.03. The molecule has 1 aromatic rings. The third-order valence-electron chi connectivity index (χ3n) is 4.13. The molecule has 1 fully saturated rings. The molecule has 1 heterocycles. The van der Waals surface area contributed by atoms with Gasteiger partial charge in [-0.2, -0.15) is 0 Å². The van der Waals surface area contributed by atoms with Gasteiger partial charge in [-0.3, -0.25) is 0 Å². The SMILES string of the molecule is CNCC(c1ccccc1OC)C1CCS(=O)(=O)CC1. The maximum Gasteiger partial charge on any atom is 0.150 e. The zero-order valence-corrected chi connectivity index (χ0v) is 12.9. The van der Waals surface area contributed by atoms with Crippen LogP contribution < -0.4 is 10.1 Å². The van der Waals surface area contributed by atoms with Crippen LogP contribution in [0, 0.1) is 5.92 Å². The number of methoxy groups -OCH3 is 1. The molecule has 1 atom stereocenters. The molecule has 0 spiro atoms. The summed E-state index contributed by atoms with van der Waals surface area (Å²) < 4.78 is 28.7. The van der Waals surface area contributed by atoms with Crippen LogP contribution in [-0.2, 0) is 9.84 Å². The molecular weight excluding hydrogens is 274 g/mol. The molecule has 0 saturated carbocycles. The summed E-state index contributed by atoms with van der Waals surface area (Å²) in [5.41, 5.74) is 1.17. The normalized spacial score (nSPS) is 20.5. The Morgan fingerprint density at radius 3 is 2.55 bits per heavy atom. The van der Waals surface area contributed by atoms with Crippen LogP contribution in [0.1, 0.15) is 24.3 Å². The van der Waals surface area contributed by atoms with E-state index in [-0.39, 0.29) is 0 Å². The molecule has 0 aromatic heterocycles. The highest BCUT2D eigenvalue weighted by Gasteiger charge is 2.31. The molecule has 0 amide bonds. The third-order valence-corrected chi connectivity index (χ3v) is 5.85. The zero-order chi connectivity index (χ0) is 14.6. The van der Waals surface area contributed by atoms with Crippen molar-refractivity contribution >= 4 is 9.84 Å². The molecule has 1 aliphatic heterocycles. The van der Waals surface area contributed by atoms with Crippen LogP contribution in [0.5, 0.6) is 5.75 Å². The van der Waals surface area contributed by atoms with Gasteiger partial charge in [0.1, 0.15) is 15.6 Å². The third kappa shape index (κ3) is 3.52. The molecule has 2 rings (SSSR count). The van der Waals surface area contributed by atoms with E-state index in [1.807, 2.05) is 25.2 Å². The molecule has 20 heavy (non-hydrogen) atoms. The fraction of sp³-hybridized carbons (Fsp3) is 0.600. The van der Waals surface area contributed by atoms with Crippen LogP contribution in [0.4, 0.5) is 0 Å². The van der Waals surface area contributed by atoms with E-state index in [1.165, 1.54) is 5.56 Å². The lowest BCUT2D eigenvalue weighted by Crippen LogP contribution is -2.31. The summed E-state index contributed by atoms with van der Waals surface area (Å²) in [4.78, 5) is 0. The van der Waals surface area contributed by atoms with Crippen LogP contribution in [-0.4, -0.2) is 40.6 Å². The van der Waals surface area contributed by atoms with Crippen molar-refractivity contribution in [2.45, 2.75) is 18.8 Å². The molecule has 1 unspecified atom stereocenters. The van der Waals surface area contributed by atoms with Gasteiger partial charge in [0, 0.05) is 12.5 Å². The summed E-state index contributed by atoms with van der Waals surface area (Å²) in [5.74, 6) is 2.20. The smallest absolute Gasteiger partial charge is 0.150 e. The van der Waals surface area contributed by atoms with Crippen molar-refractivity contribution in [1.29, 1.82) is 0 Å². The molecule has 112 valence electrons. The molecule has 0 bridgehead atoms. The summed E-state index contributed by atoms with van der Waals surface area (Å²) in [5, 5.41) is 3.23. The standard InChI is InChI=1S/C15H23NO3S/c1-16-11-14(12-7-9-20(17,18)10-8-12)13-5-3-4-6-15(13)19-2/h3-6,12,14,16H,7-11H2,1-2H3. The topological polar surface area (TPSA) is 55.4 Å². The Morgan fingerprint density at radius 2 is 1.95 bits per heavy atom. The van der Waals surface area contributed by atoms with Gasteiger partial charge < -0.3 is 10.1 Å². The Hall–Kier alpha value is -1.07. The minimum Gasteiger partial charge on any atom is -0.496 e. The Morgan fingerprint density at radius 1 is 1.30 bits per heavy atom. The van der Waals surface area contributed by atoms with E-state index < -0.39 is 9.84 Å². The van der Waals surface area contributed by atoms with E-state index in [2.05, 4.69) is 11.4 Å². The maximum atomic E-state index is 11.6. The average Bonchev–Trinajstić information content (AvgIpc) is 2.45. The van der Waals surface area contributed by atoms with Gasteiger partial charge in [-0.15, -0.1) is 0 Å². The first-order valence-corrected chi connectivity index (χ1v) is 8.87. The van der Waals surface area contributed by atoms with Crippen LogP contribution in [0.25, 0.3) is 0 Å². The predicted molar refractivity (Wildman–Crippen MR) is 81.0 cm³/mol. The summed E-state index contributed by atoms with van der Waals surface area (Å²) in [7, 11) is 0.800. The summed E-state index contributed by atoms with van der Waals surface area (Å²) in [6.07, 6.45) is 1.49. The second-order valence-corrected chi connectivity index (χ2v) is 7.70. The first-order valence-electron chi connectivity index (χ1n) is 7.05. The number of para-hydroxylation sites is 1. The number of ether oxygens (including phenoxy) is 1. The van der Waals surface area contributed by atoms with Gasteiger partial charge in [-0.1, -0.05) is 18.2 Å². The van der Waals surface area contributed by atoms with E-state index in [9.17, 15) is 8.42 Å². The Bertz CT molecular complexity index is 528. The summed E-state index contributed by atoms with van der Waals surface area (Å²) in [6.45, 7) is 0.838. The van der Waals surface area contributed by atoms with Crippen molar-refractivity contribution in [2.75, 3.05) is 32.2 Å². The Balaban J connectivity index is 2.23. The van der Waals surface area contributed by atoms with Crippen molar-refractivity contribution in [3.63, 3.8) is 0 Å². The lowest BCUT2D eigenvalue weighted by molar-refractivity contribution is 0.354. The lowest BCUT2D eigenvalue weighted by Gasteiger charge is -2.31. The van der Waals surface area contributed by atoms with E-state index >= 15 is 0 Å². The van der Waals surface area contributed by atoms with Crippen molar-refractivity contribution in [3.05, 3.63) is 29.8 Å². The maximum absolute atomic E-state index is 11.6. The van der Waals surface area contributed by atoms with Crippen molar-refractivity contribution < 1.29 is 13.2 Å². The van der Waals surface area contributed by atoms with E-state index in [0.717, 1.165) is 25.1 Å². The van der Waals surface area contributed by atoms with Gasteiger partial charge in [-0.25, -0.2) is 8.42 Å². The van der Waals surface area contributed by atoms with Crippen LogP contribution in [0.15, 0.2) is 24.3 Å². The van der Waals surface area contributed by atoms with Gasteiger partial charge in [0.05, 0.1) is 18.6 Å². The van der Waals surface area contributed by atoms with Crippen molar-refractivity contribution in [3.8, 4) is 5.75 Å². The first kappa shape index (κ1) is 15.3. The first-order chi connectivity index (χ1) is 9.57. The van der Waals surface area contributed by atoms with Gasteiger partial charge in [-0.05, 0) is 37.4 Å². The molecule has 5 heteroatoms. The molecule has 4 nitrogen and oxygen atoms in total. The number of hydrogen-bond acceptors (Lipinski definition) is 4. The zero-order valence-electron chi connectivity index (χ0n) is 12.1. The highest BCUT2D eigenvalue weighted by molar-refractivity contribution is 7.91. The average molecular weight is 297 g/mol. The number of rotatable bonds is 5. The van der Waals surface area contributed by atoms with Crippen LogP contribution >= 0.6 is 0 Å². The molecule has 1 aromatic carbocycles. The van der Waals surface area contributed by atoms with E-state index in [0.29, 0.717) is 23.3 Å². The van der Waals surface area contributed by atoms with Gasteiger partial charge in [0.2, 0.25) is 0 Å². The lowest BCUT2D eigenvalue weighted by atomic mass is 9.82. The minimum atomic E-state index is -2.81. The summed E-state index contributed by atoms with van der Waals surface area (Å²) >= 11 is 0. The number of likely N-dealkylation sites (N-methyl/N-ethyl adjacent to an activating group) is 1. The van der Waals surface area contributed by atoms with Gasteiger partial charge >= 0.3 is 0 Å². The molecule has 1 saturated heterocycles. The fourth-order valence-corrected chi connectivity index (χ4v) is 4.56. The minimum absolute atomic E-state index is 0.298. The van der Waals surface area contributed by atoms with Crippen LogP contribution in [0.2, 0.25) is 0 Å². The largest absolute Gasteiger partial charge is 0.496 e. The quantitative estimate of drug-likeness (QED) is 0.901. The van der Waals surface area contributed by atoms with Crippen LogP contribution in [0.3, 0.4) is 0 Å². The molecule has 0 radical (unpaired) electrons. The number of hydrogen-bond donors (Lipinski definition) is 1. The van der Waals surface area contributed by atoms with E-state index in [4.69, 9.17) is 4.74 Å². The second kappa shape index (κ2) is 6.59. The molecule has 0 aliphatic carbocycles.